The molecule has 0 spiro atoms. The first-order chi connectivity index (χ1) is 8.59. The highest BCUT2D eigenvalue weighted by Crippen LogP contribution is 2.35. The van der Waals surface area contributed by atoms with Crippen LogP contribution in [0.15, 0.2) is 36.4 Å². The second-order valence-corrected chi connectivity index (χ2v) is 5.20. The fourth-order valence-electron chi connectivity index (χ4n) is 2.09. The van der Waals surface area contributed by atoms with Gasteiger partial charge in [0.25, 0.3) is 5.91 Å². The Bertz CT molecular complexity index is 629. The summed E-state index contributed by atoms with van der Waals surface area (Å²) in [5.41, 5.74) is 0.275. The molecule has 18 heavy (non-hydrogen) atoms. The standard InChI is InChI=1S/C15H15NO2/c1-15(8-9-15)16-14(18)12-7-6-10-4-2-3-5-11(10)13(12)17/h2-7,17H,8-9H2,1H3,(H,16,18). The molecule has 0 aromatic heterocycles. The monoisotopic (exact) mass is 241 g/mol. The first-order valence-corrected chi connectivity index (χ1v) is 6.12. The largest absolute Gasteiger partial charge is 0.506 e. The van der Waals surface area contributed by atoms with Gasteiger partial charge in [0.2, 0.25) is 0 Å². The van der Waals surface area contributed by atoms with Crippen molar-refractivity contribution in [2.75, 3.05) is 0 Å². The van der Waals surface area contributed by atoms with Crippen molar-refractivity contribution in [2.45, 2.75) is 25.3 Å². The number of fused-ring (bicyclic) bond motifs is 1. The topological polar surface area (TPSA) is 49.3 Å². The highest BCUT2D eigenvalue weighted by molar-refractivity contribution is 6.03. The number of phenolic OH excluding ortho intramolecular Hbond substituents is 1. The van der Waals surface area contributed by atoms with E-state index in [1.54, 1.807) is 6.07 Å². The lowest BCUT2D eigenvalue weighted by atomic mass is 10.0. The van der Waals surface area contributed by atoms with Gasteiger partial charge >= 0.3 is 0 Å². The average molecular weight is 241 g/mol. The molecule has 0 aliphatic heterocycles. The molecule has 0 heterocycles. The highest BCUT2D eigenvalue weighted by atomic mass is 16.3. The molecule has 0 radical (unpaired) electrons. The fourth-order valence-corrected chi connectivity index (χ4v) is 2.09. The lowest BCUT2D eigenvalue weighted by molar-refractivity contribution is 0.0933. The molecule has 1 saturated carbocycles. The lowest BCUT2D eigenvalue weighted by Crippen LogP contribution is -2.34. The van der Waals surface area contributed by atoms with Crippen LogP contribution in [0.25, 0.3) is 10.8 Å². The van der Waals surface area contributed by atoms with Gasteiger partial charge in [0.15, 0.2) is 0 Å². The van der Waals surface area contributed by atoms with E-state index in [2.05, 4.69) is 5.32 Å². The molecule has 0 saturated heterocycles. The number of aromatic hydroxyl groups is 1. The maximum Gasteiger partial charge on any atom is 0.255 e. The molecule has 3 rings (SSSR count). The second kappa shape index (κ2) is 3.73. The van der Waals surface area contributed by atoms with Crippen molar-refractivity contribution in [3.05, 3.63) is 42.0 Å². The second-order valence-electron chi connectivity index (χ2n) is 5.20. The summed E-state index contributed by atoms with van der Waals surface area (Å²) in [6, 6.07) is 11.0. The average Bonchev–Trinajstić information content (AvgIpc) is 3.07. The van der Waals surface area contributed by atoms with E-state index in [4.69, 9.17) is 0 Å². The van der Waals surface area contributed by atoms with Gasteiger partial charge < -0.3 is 10.4 Å². The van der Waals surface area contributed by atoms with Crippen molar-refractivity contribution >= 4 is 16.7 Å². The van der Waals surface area contributed by atoms with Crippen LogP contribution in [0.3, 0.4) is 0 Å². The van der Waals surface area contributed by atoms with Gasteiger partial charge in [-0.1, -0.05) is 30.3 Å². The number of hydrogen-bond acceptors (Lipinski definition) is 2. The Kier molecular flexibility index (Phi) is 2.30. The molecular formula is C15H15NO2. The van der Waals surface area contributed by atoms with Gasteiger partial charge in [0.05, 0.1) is 5.56 Å². The van der Waals surface area contributed by atoms with Crippen molar-refractivity contribution in [1.82, 2.24) is 5.32 Å². The number of nitrogens with one attached hydrogen (secondary N) is 1. The van der Waals surface area contributed by atoms with Crippen molar-refractivity contribution < 1.29 is 9.90 Å². The molecule has 2 aromatic rings. The normalized spacial score (nSPS) is 16.5. The van der Waals surface area contributed by atoms with Gasteiger partial charge in [0, 0.05) is 10.9 Å². The van der Waals surface area contributed by atoms with Crippen molar-refractivity contribution in [3.63, 3.8) is 0 Å². The Morgan fingerprint density at radius 3 is 2.67 bits per heavy atom. The van der Waals surface area contributed by atoms with Crippen molar-refractivity contribution in [1.29, 1.82) is 0 Å². The van der Waals surface area contributed by atoms with Gasteiger partial charge in [-0.3, -0.25) is 4.79 Å². The molecule has 1 aliphatic carbocycles. The van der Waals surface area contributed by atoms with E-state index in [1.807, 2.05) is 37.3 Å². The van der Waals surface area contributed by atoms with E-state index in [0.717, 1.165) is 18.2 Å². The predicted octanol–water partition coefficient (Wildman–Crippen LogP) is 2.83. The quantitative estimate of drug-likeness (QED) is 0.849. The van der Waals surface area contributed by atoms with Gasteiger partial charge in [-0.2, -0.15) is 0 Å². The molecular weight excluding hydrogens is 226 g/mol. The van der Waals surface area contributed by atoms with Crippen molar-refractivity contribution in [3.8, 4) is 5.75 Å². The molecule has 1 aliphatic rings. The first kappa shape index (κ1) is 11.1. The lowest BCUT2D eigenvalue weighted by Gasteiger charge is -2.13. The number of benzene rings is 2. The van der Waals surface area contributed by atoms with Crippen LogP contribution in [0.1, 0.15) is 30.1 Å². The van der Waals surface area contributed by atoms with Crippen LogP contribution in [0.2, 0.25) is 0 Å². The maximum absolute atomic E-state index is 12.1. The minimum Gasteiger partial charge on any atom is -0.506 e. The Balaban J connectivity index is 2.01. The number of amides is 1. The summed E-state index contributed by atoms with van der Waals surface area (Å²) < 4.78 is 0. The molecule has 2 aromatic carbocycles. The Hall–Kier alpha value is -2.03. The van der Waals surface area contributed by atoms with E-state index in [0.29, 0.717) is 10.9 Å². The van der Waals surface area contributed by atoms with E-state index in [9.17, 15) is 9.90 Å². The molecule has 92 valence electrons. The molecule has 1 amide bonds. The van der Waals surface area contributed by atoms with Gasteiger partial charge in [-0.05, 0) is 31.2 Å². The van der Waals surface area contributed by atoms with Crippen LogP contribution >= 0.6 is 0 Å². The van der Waals surface area contributed by atoms with Gasteiger partial charge in [0.1, 0.15) is 5.75 Å². The van der Waals surface area contributed by atoms with E-state index in [1.165, 1.54) is 0 Å². The fraction of sp³-hybridized carbons (Fsp3) is 0.267. The van der Waals surface area contributed by atoms with Gasteiger partial charge in [-0.25, -0.2) is 0 Å². The van der Waals surface area contributed by atoms with E-state index >= 15 is 0 Å². The maximum atomic E-state index is 12.1. The van der Waals surface area contributed by atoms with E-state index < -0.39 is 0 Å². The number of hydrogen-bond donors (Lipinski definition) is 2. The minimum absolute atomic E-state index is 0.0647. The summed E-state index contributed by atoms with van der Waals surface area (Å²) in [5.74, 6) is -0.131. The SMILES string of the molecule is CC1(NC(=O)c2ccc3ccccc3c2O)CC1. The summed E-state index contributed by atoms with van der Waals surface area (Å²) in [4.78, 5) is 12.1. The molecule has 2 N–H and O–H groups in total. The zero-order chi connectivity index (χ0) is 12.8. The Labute approximate surface area is 105 Å². The first-order valence-electron chi connectivity index (χ1n) is 6.12. The summed E-state index contributed by atoms with van der Waals surface area (Å²) in [5, 5.41) is 14.8. The number of rotatable bonds is 2. The zero-order valence-corrected chi connectivity index (χ0v) is 10.2. The minimum atomic E-state index is -0.196. The van der Waals surface area contributed by atoms with Crippen molar-refractivity contribution in [2.24, 2.45) is 0 Å². The molecule has 0 atom stereocenters. The predicted molar refractivity (Wildman–Crippen MR) is 70.7 cm³/mol. The van der Waals surface area contributed by atoms with Crippen LogP contribution < -0.4 is 5.32 Å². The van der Waals surface area contributed by atoms with E-state index in [-0.39, 0.29) is 17.2 Å². The summed E-state index contributed by atoms with van der Waals surface area (Å²) in [6.07, 6.45) is 2.01. The summed E-state index contributed by atoms with van der Waals surface area (Å²) >= 11 is 0. The molecule has 3 nitrogen and oxygen atoms in total. The summed E-state index contributed by atoms with van der Waals surface area (Å²) in [7, 11) is 0. The number of carbonyl (C=O) groups is 1. The highest BCUT2D eigenvalue weighted by Gasteiger charge is 2.39. The molecule has 1 fully saturated rings. The third-order valence-electron chi connectivity index (χ3n) is 3.56. The van der Waals surface area contributed by atoms with Crippen LogP contribution in [-0.4, -0.2) is 16.6 Å². The molecule has 0 bridgehead atoms. The Morgan fingerprint density at radius 2 is 1.94 bits per heavy atom. The van der Waals surface area contributed by atoms with Crippen LogP contribution in [0.4, 0.5) is 0 Å². The summed E-state index contributed by atoms with van der Waals surface area (Å²) in [6.45, 7) is 2.02. The molecule has 3 heteroatoms. The zero-order valence-electron chi connectivity index (χ0n) is 10.2. The van der Waals surface area contributed by atoms with Crippen LogP contribution in [-0.2, 0) is 0 Å². The van der Waals surface area contributed by atoms with Gasteiger partial charge in [-0.15, -0.1) is 0 Å². The van der Waals surface area contributed by atoms with Crippen LogP contribution in [0.5, 0.6) is 5.75 Å². The number of phenols is 1. The third kappa shape index (κ3) is 1.82. The number of carbonyl (C=O) groups excluding carboxylic acids is 1. The van der Waals surface area contributed by atoms with Crippen LogP contribution in [0, 0.1) is 0 Å². The third-order valence-corrected chi connectivity index (χ3v) is 3.56. The smallest absolute Gasteiger partial charge is 0.255 e. The molecule has 0 unspecified atom stereocenters. The Morgan fingerprint density at radius 1 is 1.22 bits per heavy atom.